The summed E-state index contributed by atoms with van der Waals surface area (Å²) in [6.07, 6.45) is 1.02. The highest BCUT2D eigenvalue weighted by Gasteiger charge is 2.31. The van der Waals surface area contributed by atoms with Crippen LogP contribution in [0.2, 0.25) is 0 Å². The van der Waals surface area contributed by atoms with Crippen molar-refractivity contribution in [3.8, 4) is 0 Å². The van der Waals surface area contributed by atoms with Crippen molar-refractivity contribution in [1.82, 2.24) is 4.90 Å². The number of likely N-dealkylation sites (tertiary alicyclic amines) is 1. The SMILES string of the molecule is CC1CCN(CC(=O)Nc2ccc(N)cc2Br)C1CO. The smallest absolute Gasteiger partial charge is 0.238 e. The standard InChI is InChI=1S/C14H20BrN3O2/c1-9-4-5-18(13(9)8-19)7-14(20)17-12-3-2-10(16)6-11(12)15/h2-3,6,9,13,19H,4-5,7-8,16H2,1H3,(H,17,20). The number of hydrogen-bond donors (Lipinski definition) is 3. The van der Waals surface area contributed by atoms with Gasteiger partial charge in [0, 0.05) is 16.2 Å². The number of nitrogens with zero attached hydrogens (tertiary/aromatic N) is 1. The Labute approximate surface area is 127 Å². The van der Waals surface area contributed by atoms with Crippen LogP contribution in [-0.2, 0) is 4.79 Å². The summed E-state index contributed by atoms with van der Waals surface area (Å²) in [5.41, 5.74) is 7.01. The molecular weight excluding hydrogens is 322 g/mol. The number of halogens is 1. The van der Waals surface area contributed by atoms with Gasteiger partial charge in [-0.1, -0.05) is 6.92 Å². The molecule has 2 rings (SSSR count). The Morgan fingerprint density at radius 3 is 3.00 bits per heavy atom. The van der Waals surface area contributed by atoms with Crippen LogP contribution in [-0.4, -0.2) is 41.7 Å². The minimum atomic E-state index is -0.0805. The first-order chi connectivity index (χ1) is 9.51. The average Bonchev–Trinajstić information content (AvgIpc) is 2.73. The number of carbonyl (C=O) groups is 1. The number of aliphatic hydroxyl groups excluding tert-OH is 1. The predicted octanol–water partition coefficient (Wildman–Crippen LogP) is 1.67. The molecule has 2 atom stereocenters. The summed E-state index contributed by atoms with van der Waals surface area (Å²) >= 11 is 3.38. The molecule has 1 heterocycles. The van der Waals surface area contributed by atoms with Crippen LogP contribution in [0.4, 0.5) is 11.4 Å². The third-order valence-corrected chi connectivity index (χ3v) is 4.45. The number of hydrogen-bond acceptors (Lipinski definition) is 4. The number of nitrogens with two attached hydrogens (primary N) is 1. The number of nitrogens with one attached hydrogen (secondary N) is 1. The molecule has 110 valence electrons. The molecule has 5 nitrogen and oxygen atoms in total. The molecule has 1 aliphatic heterocycles. The van der Waals surface area contributed by atoms with Crippen LogP contribution < -0.4 is 11.1 Å². The predicted molar refractivity (Wildman–Crippen MR) is 83.4 cm³/mol. The highest BCUT2D eigenvalue weighted by Crippen LogP contribution is 2.26. The summed E-state index contributed by atoms with van der Waals surface area (Å²) in [6, 6.07) is 5.35. The lowest BCUT2D eigenvalue weighted by molar-refractivity contribution is -0.117. The summed E-state index contributed by atoms with van der Waals surface area (Å²) in [7, 11) is 0. The van der Waals surface area contributed by atoms with Gasteiger partial charge < -0.3 is 16.2 Å². The normalized spacial score (nSPS) is 22.9. The molecule has 1 aromatic rings. The van der Waals surface area contributed by atoms with Gasteiger partial charge >= 0.3 is 0 Å². The van der Waals surface area contributed by atoms with E-state index < -0.39 is 0 Å². The number of carbonyl (C=O) groups excluding carboxylic acids is 1. The zero-order chi connectivity index (χ0) is 14.7. The molecule has 1 saturated heterocycles. The summed E-state index contributed by atoms with van der Waals surface area (Å²) in [5.74, 6) is 0.346. The number of amides is 1. The van der Waals surface area contributed by atoms with Crippen molar-refractivity contribution in [1.29, 1.82) is 0 Å². The molecule has 0 aromatic heterocycles. The van der Waals surface area contributed by atoms with E-state index in [9.17, 15) is 9.90 Å². The molecule has 0 spiro atoms. The van der Waals surface area contributed by atoms with E-state index in [1.165, 1.54) is 0 Å². The van der Waals surface area contributed by atoms with Crippen molar-refractivity contribution >= 4 is 33.2 Å². The number of anilines is 2. The van der Waals surface area contributed by atoms with Gasteiger partial charge in [-0.2, -0.15) is 0 Å². The Morgan fingerprint density at radius 1 is 1.60 bits per heavy atom. The number of rotatable bonds is 4. The molecule has 1 amide bonds. The van der Waals surface area contributed by atoms with Crippen LogP contribution in [0.5, 0.6) is 0 Å². The molecule has 1 fully saturated rings. The topological polar surface area (TPSA) is 78.6 Å². The zero-order valence-electron chi connectivity index (χ0n) is 11.5. The fourth-order valence-electron chi connectivity index (χ4n) is 2.59. The van der Waals surface area contributed by atoms with E-state index in [1.54, 1.807) is 18.2 Å². The lowest BCUT2D eigenvalue weighted by Crippen LogP contribution is -2.40. The van der Waals surface area contributed by atoms with E-state index in [2.05, 4.69) is 28.2 Å². The Morgan fingerprint density at radius 2 is 2.35 bits per heavy atom. The average molecular weight is 342 g/mol. The van der Waals surface area contributed by atoms with Crippen LogP contribution in [0.1, 0.15) is 13.3 Å². The van der Waals surface area contributed by atoms with E-state index in [0.717, 1.165) is 17.4 Å². The highest BCUT2D eigenvalue weighted by molar-refractivity contribution is 9.10. The second kappa shape index (κ2) is 6.56. The summed E-state index contributed by atoms with van der Waals surface area (Å²) in [5, 5.41) is 12.2. The van der Waals surface area contributed by atoms with Gasteiger partial charge in [0.15, 0.2) is 0 Å². The Kier molecular flexibility index (Phi) is 5.01. The van der Waals surface area contributed by atoms with Gasteiger partial charge in [0.05, 0.1) is 18.8 Å². The van der Waals surface area contributed by atoms with Crippen LogP contribution in [0.25, 0.3) is 0 Å². The monoisotopic (exact) mass is 341 g/mol. The van der Waals surface area contributed by atoms with Crippen molar-refractivity contribution in [2.75, 3.05) is 30.7 Å². The van der Waals surface area contributed by atoms with Crippen molar-refractivity contribution in [2.45, 2.75) is 19.4 Å². The maximum atomic E-state index is 12.1. The fourth-order valence-corrected chi connectivity index (χ4v) is 3.08. The molecule has 4 N–H and O–H groups in total. The first-order valence-electron chi connectivity index (χ1n) is 6.71. The maximum Gasteiger partial charge on any atom is 0.238 e. The van der Waals surface area contributed by atoms with Crippen molar-refractivity contribution in [3.63, 3.8) is 0 Å². The third-order valence-electron chi connectivity index (χ3n) is 3.80. The minimum absolute atomic E-state index is 0.0793. The first-order valence-corrected chi connectivity index (χ1v) is 7.50. The van der Waals surface area contributed by atoms with Crippen molar-refractivity contribution in [3.05, 3.63) is 22.7 Å². The van der Waals surface area contributed by atoms with Crippen molar-refractivity contribution in [2.24, 2.45) is 5.92 Å². The molecule has 6 heteroatoms. The Hall–Kier alpha value is -1.11. The highest BCUT2D eigenvalue weighted by atomic mass is 79.9. The minimum Gasteiger partial charge on any atom is -0.399 e. The largest absolute Gasteiger partial charge is 0.399 e. The first kappa shape index (κ1) is 15.3. The Bertz CT molecular complexity index is 495. The summed E-state index contributed by atoms with van der Waals surface area (Å²) in [4.78, 5) is 14.1. The molecule has 0 bridgehead atoms. The van der Waals surface area contributed by atoms with E-state index >= 15 is 0 Å². The molecule has 0 saturated carbocycles. The maximum absolute atomic E-state index is 12.1. The molecule has 1 aromatic carbocycles. The van der Waals surface area contributed by atoms with E-state index in [-0.39, 0.29) is 18.6 Å². The van der Waals surface area contributed by atoms with E-state index in [0.29, 0.717) is 23.8 Å². The molecular formula is C14H20BrN3O2. The molecule has 0 radical (unpaired) electrons. The molecule has 20 heavy (non-hydrogen) atoms. The molecule has 0 aliphatic carbocycles. The second-order valence-corrected chi connectivity index (χ2v) is 6.13. The van der Waals surface area contributed by atoms with E-state index in [1.807, 2.05) is 4.90 Å². The van der Waals surface area contributed by atoms with Gasteiger partial charge in [-0.3, -0.25) is 9.69 Å². The third kappa shape index (κ3) is 3.50. The number of nitrogen functional groups attached to an aromatic ring is 1. The second-order valence-electron chi connectivity index (χ2n) is 5.27. The lowest BCUT2D eigenvalue weighted by atomic mass is 10.0. The Balaban J connectivity index is 1.95. The quantitative estimate of drug-likeness (QED) is 0.728. The van der Waals surface area contributed by atoms with E-state index in [4.69, 9.17) is 5.73 Å². The van der Waals surface area contributed by atoms with Gasteiger partial charge in [0.2, 0.25) is 5.91 Å². The van der Waals surface area contributed by atoms with Crippen LogP contribution in [0.15, 0.2) is 22.7 Å². The summed E-state index contributed by atoms with van der Waals surface area (Å²) < 4.78 is 0.763. The molecule has 1 aliphatic rings. The lowest BCUT2D eigenvalue weighted by Gasteiger charge is -2.24. The van der Waals surface area contributed by atoms with Crippen molar-refractivity contribution < 1.29 is 9.90 Å². The van der Waals surface area contributed by atoms with Gasteiger partial charge in [-0.05, 0) is 53.0 Å². The number of aliphatic hydroxyl groups is 1. The van der Waals surface area contributed by atoms with Crippen LogP contribution in [0, 0.1) is 5.92 Å². The fraction of sp³-hybridized carbons (Fsp3) is 0.500. The van der Waals surface area contributed by atoms with Gasteiger partial charge in [0.25, 0.3) is 0 Å². The molecule has 2 unspecified atom stereocenters. The van der Waals surface area contributed by atoms with Gasteiger partial charge in [0.1, 0.15) is 0 Å². The number of benzene rings is 1. The van der Waals surface area contributed by atoms with Gasteiger partial charge in [-0.15, -0.1) is 0 Å². The summed E-state index contributed by atoms with van der Waals surface area (Å²) in [6.45, 7) is 3.35. The zero-order valence-corrected chi connectivity index (χ0v) is 13.1. The van der Waals surface area contributed by atoms with Crippen LogP contribution >= 0.6 is 15.9 Å². The van der Waals surface area contributed by atoms with Gasteiger partial charge in [-0.25, -0.2) is 0 Å². The van der Waals surface area contributed by atoms with Crippen LogP contribution in [0.3, 0.4) is 0 Å².